The number of aryl methyl sites for hydroxylation is 1. The van der Waals surface area contributed by atoms with Crippen molar-refractivity contribution in [2.24, 2.45) is 0 Å². The quantitative estimate of drug-likeness (QED) is 0.593. The molecule has 118 valence electrons. The summed E-state index contributed by atoms with van der Waals surface area (Å²) in [5, 5.41) is 5.91. The maximum absolute atomic E-state index is 12.8. The summed E-state index contributed by atoms with van der Waals surface area (Å²) < 4.78 is 1.94. The predicted octanol–water partition coefficient (Wildman–Crippen LogP) is 4.65. The van der Waals surface area contributed by atoms with Crippen LogP contribution >= 0.6 is 11.3 Å². The molecule has 0 atom stereocenters. The number of hydrogen-bond donors (Lipinski definition) is 1. The fourth-order valence-electron chi connectivity index (χ4n) is 2.77. The van der Waals surface area contributed by atoms with Crippen molar-refractivity contribution in [2.45, 2.75) is 6.92 Å². The second-order valence-corrected chi connectivity index (χ2v) is 6.43. The lowest BCUT2D eigenvalue weighted by Gasteiger charge is -2.10. The summed E-state index contributed by atoms with van der Waals surface area (Å²) in [4.78, 5) is 17.9. The highest BCUT2D eigenvalue weighted by molar-refractivity contribution is 7.12. The van der Waals surface area contributed by atoms with Gasteiger partial charge in [-0.3, -0.25) is 9.78 Å². The van der Waals surface area contributed by atoms with Crippen LogP contribution in [0, 0.1) is 6.92 Å². The van der Waals surface area contributed by atoms with E-state index in [0.29, 0.717) is 4.88 Å². The van der Waals surface area contributed by atoms with Crippen LogP contribution in [-0.2, 0) is 0 Å². The predicted molar refractivity (Wildman–Crippen MR) is 98.1 cm³/mol. The second kappa shape index (κ2) is 5.94. The Balaban J connectivity index is 1.71. The molecule has 0 aliphatic rings. The van der Waals surface area contributed by atoms with Crippen LogP contribution in [0.4, 0.5) is 5.69 Å². The Morgan fingerprint density at radius 1 is 1.12 bits per heavy atom. The molecule has 0 saturated heterocycles. The third-order valence-corrected chi connectivity index (χ3v) is 4.86. The zero-order chi connectivity index (χ0) is 16.5. The molecule has 0 spiro atoms. The summed E-state index contributed by atoms with van der Waals surface area (Å²) in [5.41, 5.74) is 3.66. The molecule has 1 N–H and O–H groups in total. The molecule has 0 saturated carbocycles. The lowest BCUT2D eigenvalue weighted by molar-refractivity contribution is 0.103. The summed E-state index contributed by atoms with van der Waals surface area (Å²) in [5.74, 6) is -0.109. The Bertz CT molecular complexity index is 1020. The van der Waals surface area contributed by atoms with E-state index in [2.05, 4.69) is 10.3 Å². The van der Waals surface area contributed by atoms with Crippen molar-refractivity contribution >= 4 is 33.8 Å². The fourth-order valence-corrected chi connectivity index (χ4v) is 3.56. The summed E-state index contributed by atoms with van der Waals surface area (Å²) in [6, 6.07) is 13.6. The number of nitrogens with one attached hydrogen (secondary N) is 1. The number of carbonyl (C=O) groups excluding carboxylic acids is 1. The Labute approximate surface area is 143 Å². The first-order valence-corrected chi connectivity index (χ1v) is 8.48. The first-order chi connectivity index (χ1) is 11.7. The minimum Gasteiger partial charge on any atom is -0.322 e. The number of pyridine rings is 1. The second-order valence-electron chi connectivity index (χ2n) is 5.51. The van der Waals surface area contributed by atoms with E-state index in [9.17, 15) is 4.79 Å². The normalized spacial score (nSPS) is 10.9. The molecule has 0 bridgehead atoms. The van der Waals surface area contributed by atoms with Crippen LogP contribution in [-0.4, -0.2) is 15.5 Å². The molecular weight excluding hydrogens is 318 g/mol. The summed E-state index contributed by atoms with van der Waals surface area (Å²) in [6.45, 7) is 2.02. The molecule has 0 aliphatic heterocycles. The Morgan fingerprint density at radius 2 is 1.96 bits per heavy atom. The van der Waals surface area contributed by atoms with Gasteiger partial charge in [-0.05, 0) is 54.3 Å². The first-order valence-electron chi connectivity index (χ1n) is 7.60. The van der Waals surface area contributed by atoms with Gasteiger partial charge in [0, 0.05) is 24.0 Å². The summed E-state index contributed by atoms with van der Waals surface area (Å²) in [6.07, 6.45) is 5.64. The van der Waals surface area contributed by atoms with Crippen molar-refractivity contribution in [3.05, 3.63) is 76.9 Å². The number of aromatic nitrogens is 2. The van der Waals surface area contributed by atoms with Gasteiger partial charge in [0.15, 0.2) is 0 Å². The first kappa shape index (κ1) is 14.7. The van der Waals surface area contributed by atoms with E-state index < -0.39 is 0 Å². The number of fused-ring (bicyclic) bond motifs is 1. The molecule has 4 rings (SSSR count). The van der Waals surface area contributed by atoms with Crippen molar-refractivity contribution in [3.63, 3.8) is 0 Å². The van der Waals surface area contributed by atoms with Crippen molar-refractivity contribution < 1.29 is 4.79 Å². The third-order valence-electron chi connectivity index (χ3n) is 3.95. The number of thiophene rings is 1. The van der Waals surface area contributed by atoms with Gasteiger partial charge < -0.3 is 9.88 Å². The maximum atomic E-state index is 12.8. The molecule has 4 aromatic rings. The number of nitrogens with zero attached hydrogens (tertiary/aromatic N) is 2. The van der Waals surface area contributed by atoms with E-state index in [4.69, 9.17) is 0 Å². The number of carbonyl (C=O) groups is 1. The van der Waals surface area contributed by atoms with Crippen LogP contribution in [0.1, 0.15) is 15.2 Å². The van der Waals surface area contributed by atoms with E-state index in [1.807, 2.05) is 71.7 Å². The molecule has 0 unspecified atom stereocenters. The lowest BCUT2D eigenvalue weighted by atomic mass is 10.1. The zero-order valence-corrected chi connectivity index (χ0v) is 13.9. The summed E-state index contributed by atoms with van der Waals surface area (Å²) >= 11 is 1.44. The van der Waals surface area contributed by atoms with Crippen LogP contribution in [0.25, 0.3) is 16.6 Å². The maximum Gasteiger partial charge on any atom is 0.267 e. The van der Waals surface area contributed by atoms with Crippen LogP contribution < -0.4 is 5.32 Å². The van der Waals surface area contributed by atoms with Gasteiger partial charge in [0.05, 0.1) is 16.9 Å². The largest absolute Gasteiger partial charge is 0.322 e. The summed E-state index contributed by atoms with van der Waals surface area (Å²) in [7, 11) is 0. The molecule has 0 radical (unpaired) electrons. The average molecular weight is 333 g/mol. The topological polar surface area (TPSA) is 46.9 Å². The molecule has 5 heteroatoms. The Morgan fingerprint density at radius 3 is 2.79 bits per heavy atom. The van der Waals surface area contributed by atoms with Gasteiger partial charge in [-0.1, -0.05) is 6.07 Å². The van der Waals surface area contributed by atoms with Gasteiger partial charge in [-0.25, -0.2) is 0 Å². The van der Waals surface area contributed by atoms with Crippen LogP contribution in [0.3, 0.4) is 0 Å². The van der Waals surface area contributed by atoms with Gasteiger partial charge in [-0.2, -0.15) is 0 Å². The monoisotopic (exact) mass is 333 g/mol. The van der Waals surface area contributed by atoms with Gasteiger partial charge in [0.1, 0.15) is 4.88 Å². The average Bonchev–Trinajstić information content (AvgIpc) is 3.28. The molecule has 3 aromatic heterocycles. The molecule has 0 fully saturated rings. The number of anilines is 1. The van der Waals surface area contributed by atoms with Gasteiger partial charge in [0.25, 0.3) is 5.91 Å². The SMILES string of the molecule is Cc1ccc(NC(=O)c2sccc2-n2cccc2)c2cccnc12. The van der Waals surface area contributed by atoms with E-state index in [1.54, 1.807) is 6.20 Å². The van der Waals surface area contributed by atoms with E-state index in [1.165, 1.54) is 11.3 Å². The Hall–Kier alpha value is -2.92. The number of hydrogen-bond acceptors (Lipinski definition) is 3. The molecule has 1 amide bonds. The standard InChI is InChI=1S/C19H15N3OS/c1-13-6-7-15(14-5-4-9-20-17(13)14)21-19(23)18-16(8-12-24-18)22-10-2-3-11-22/h2-12H,1H3,(H,21,23). The molecular formula is C19H15N3OS. The van der Waals surface area contributed by atoms with E-state index in [-0.39, 0.29) is 5.91 Å². The van der Waals surface area contributed by atoms with Crippen molar-refractivity contribution in [1.29, 1.82) is 0 Å². The number of benzene rings is 1. The highest BCUT2D eigenvalue weighted by Gasteiger charge is 2.16. The van der Waals surface area contributed by atoms with Crippen LogP contribution in [0.2, 0.25) is 0 Å². The fraction of sp³-hybridized carbons (Fsp3) is 0.0526. The molecule has 4 nitrogen and oxygen atoms in total. The van der Waals surface area contributed by atoms with Crippen molar-refractivity contribution in [1.82, 2.24) is 9.55 Å². The van der Waals surface area contributed by atoms with Crippen LogP contribution in [0.5, 0.6) is 0 Å². The third kappa shape index (κ3) is 2.49. The van der Waals surface area contributed by atoms with Crippen molar-refractivity contribution in [3.8, 4) is 5.69 Å². The highest BCUT2D eigenvalue weighted by Crippen LogP contribution is 2.27. The minimum absolute atomic E-state index is 0.109. The molecule has 0 aliphatic carbocycles. The number of rotatable bonds is 3. The molecule has 1 aromatic carbocycles. The molecule has 3 heterocycles. The van der Waals surface area contributed by atoms with Gasteiger partial charge in [0.2, 0.25) is 0 Å². The van der Waals surface area contributed by atoms with E-state index in [0.717, 1.165) is 27.8 Å². The zero-order valence-electron chi connectivity index (χ0n) is 13.1. The highest BCUT2D eigenvalue weighted by atomic mass is 32.1. The minimum atomic E-state index is -0.109. The van der Waals surface area contributed by atoms with Crippen molar-refractivity contribution in [2.75, 3.05) is 5.32 Å². The lowest BCUT2D eigenvalue weighted by Crippen LogP contribution is -2.13. The number of amides is 1. The van der Waals surface area contributed by atoms with E-state index >= 15 is 0 Å². The molecule has 24 heavy (non-hydrogen) atoms. The van der Waals surface area contributed by atoms with Crippen LogP contribution in [0.15, 0.2) is 66.4 Å². The Kier molecular flexibility index (Phi) is 3.63. The van der Waals surface area contributed by atoms with Gasteiger partial charge in [-0.15, -0.1) is 11.3 Å². The van der Waals surface area contributed by atoms with Gasteiger partial charge >= 0.3 is 0 Å². The smallest absolute Gasteiger partial charge is 0.267 e.